The lowest BCUT2D eigenvalue weighted by Crippen LogP contribution is -2.34. The molecular weight excluding hydrogens is 397 g/mol. The maximum absolute atomic E-state index is 14.4. The third-order valence-electron chi connectivity index (χ3n) is 3.95. The van der Waals surface area contributed by atoms with E-state index in [1.54, 1.807) is 57.2 Å². The van der Waals surface area contributed by atoms with Crippen LogP contribution in [0.4, 0.5) is 10.1 Å². The molecule has 0 fully saturated rings. The van der Waals surface area contributed by atoms with E-state index in [1.165, 1.54) is 6.07 Å². The van der Waals surface area contributed by atoms with Crippen molar-refractivity contribution in [1.82, 2.24) is 0 Å². The fourth-order valence-corrected chi connectivity index (χ4v) is 2.94. The number of hydrogen-bond acceptors (Lipinski definition) is 6. The molecule has 8 heteroatoms. The lowest BCUT2D eigenvalue weighted by molar-refractivity contribution is -0.146. The molecule has 0 radical (unpaired) electrons. The van der Waals surface area contributed by atoms with Crippen molar-refractivity contribution in [3.63, 3.8) is 0 Å². The SMILES string of the molecule is CC(C)(C)OC(=O)C(=NO)C1=Nc2ccc(Cl)cc2C(c2ccccc2F)=NC1. The molecule has 0 aliphatic carbocycles. The van der Waals surface area contributed by atoms with Gasteiger partial charge in [-0.2, -0.15) is 0 Å². The van der Waals surface area contributed by atoms with Crippen LogP contribution in [0.5, 0.6) is 0 Å². The van der Waals surface area contributed by atoms with Gasteiger partial charge >= 0.3 is 5.97 Å². The number of oxime groups is 1. The van der Waals surface area contributed by atoms with Crippen molar-refractivity contribution in [3.05, 3.63) is 64.4 Å². The largest absolute Gasteiger partial charge is 0.455 e. The molecule has 0 bridgehead atoms. The van der Waals surface area contributed by atoms with Gasteiger partial charge in [-0.25, -0.2) is 14.2 Å². The predicted octanol–water partition coefficient (Wildman–Crippen LogP) is 4.57. The minimum Gasteiger partial charge on any atom is -0.455 e. The number of aliphatic imine (C=N–C) groups is 2. The highest BCUT2D eigenvalue weighted by molar-refractivity contribution is 6.66. The number of fused-ring (bicyclic) bond motifs is 1. The van der Waals surface area contributed by atoms with Crippen molar-refractivity contribution < 1.29 is 19.1 Å². The Morgan fingerprint density at radius 2 is 1.93 bits per heavy atom. The first-order valence-corrected chi connectivity index (χ1v) is 9.20. The van der Waals surface area contributed by atoms with Crippen LogP contribution < -0.4 is 0 Å². The molecule has 29 heavy (non-hydrogen) atoms. The van der Waals surface area contributed by atoms with Gasteiger partial charge in [0.15, 0.2) is 0 Å². The molecule has 1 heterocycles. The van der Waals surface area contributed by atoms with Crippen molar-refractivity contribution in [2.45, 2.75) is 26.4 Å². The molecule has 1 aliphatic heterocycles. The summed E-state index contributed by atoms with van der Waals surface area (Å²) >= 11 is 6.14. The van der Waals surface area contributed by atoms with Crippen molar-refractivity contribution in [1.29, 1.82) is 0 Å². The van der Waals surface area contributed by atoms with E-state index < -0.39 is 17.4 Å². The highest BCUT2D eigenvalue weighted by Gasteiger charge is 2.28. The number of nitrogens with zero attached hydrogens (tertiary/aromatic N) is 3. The van der Waals surface area contributed by atoms with Crippen LogP contribution in [0.15, 0.2) is 57.6 Å². The quantitative estimate of drug-likeness (QED) is 0.345. The number of carbonyl (C=O) groups is 1. The van der Waals surface area contributed by atoms with Crippen molar-refractivity contribution in [2.75, 3.05) is 6.54 Å². The van der Waals surface area contributed by atoms with E-state index in [1.807, 2.05) is 0 Å². The van der Waals surface area contributed by atoms with Gasteiger partial charge in [0, 0.05) is 16.1 Å². The molecule has 1 aliphatic rings. The van der Waals surface area contributed by atoms with E-state index in [9.17, 15) is 14.4 Å². The average Bonchev–Trinajstić information content (AvgIpc) is 2.81. The van der Waals surface area contributed by atoms with Gasteiger partial charge in [0.1, 0.15) is 11.4 Å². The van der Waals surface area contributed by atoms with Gasteiger partial charge in [0.05, 0.1) is 23.7 Å². The number of hydrogen-bond donors (Lipinski definition) is 1. The molecule has 3 rings (SSSR count). The van der Waals surface area contributed by atoms with E-state index in [0.717, 1.165) is 0 Å². The molecule has 0 unspecified atom stereocenters. The maximum atomic E-state index is 14.4. The molecule has 0 saturated heterocycles. The van der Waals surface area contributed by atoms with Crippen molar-refractivity contribution >= 4 is 40.4 Å². The molecule has 1 N–H and O–H groups in total. The van der Waals surface area contributed by atoms with Gasteiger partial charge in [-0.05, 0) is 51.1 Å². The molecule has 6 nitrogen and oxygen atoms in total. The van der Waals surface area contributed by atoms with Crippen molar-refractivity contribution in [2.24, 2.45) is 15.1 Å². The first kappa shape index (κ1) is 20.7. The number of esters is 1. The normalized spacial score (nSPS) is 14.4. The number of halogens is 2. The summed E-state index contributed by atoms with van der Waals surface area (Å²) in [4.78, 5) is 21.3. The second kappa shape index (κ2) is 8.13. The fourth-order valence-electron chi connectivity index (χ4n) is 2.77. The fraction of sp³-hybridized carbons (Fsp3) is 0.238. The Bertz CT molecular complexity index is 1060. The van der Waals surface area contributed by atoms with E-state index in [4.69, 9.17) is 16.3 Å². The Morgan fingerprint density at radius 3 is 2.59 bits per heavy atom. The zero-order valence-corrected chi connectivity index (χ0v) is 16.9. The minimum atomic E-state index is -0.834. The van der Waals surface area contributed by atoms with E-state index >= 15 is 0 Å². The van der Waals surface area contributed by atoms with Crippen LogP contribution in [-0.2, 0) is 9.53 Å². The van der Waals surface area contributed by atoms with Gasteiger partial charge in [0.25, 0.3) is 0 Å². The van der Waals surface area contributed by atoms with Gasteiger partial charge in [0.2, 0.25) is 5.71 Å². The summed E-state index contributed by atoms with van der Waals surface area (Å²) in [7, 11) is 0. The number of benzene rings is 2. The van der Waals surface area contributed by atoms with E-state index in [-0.39, 0.29) is 23.5 Å². The average molecular weight is 416 g/mol. The highest BCUT2D eigenvalue weighted by atomic mass is 35.5. The molecular formula is C21H19ClFN3O3. The summed E-state index contributed by atoms with van der Waals surface area (Å²) < 4.78 is 19.7. The van der Waals surface area contributed by atoms with Crippen molar-refractivity contribution in [3.8, 4) is 0 Å². The van der Waals surface area contributed by atoms with Crippen LogP contribution >= 0.6 is 11.6 Å². The van der Waals surface area contributed by atoms with Crippen LogP contribution in [-0.4, -0.2) is 40.5 Å². The van der Waals surface area contributed by atoms with Crippen LogP contribution in [0.1, 0.15) is 31.9 Å². The smallest absolute Gasteiger partial charge is 0.362 e. The first-order chi connectivity index (χ1) is 13.7. The monoisotopic (exact) mass is 415 g/mol. The van der Waals surface area contributed by atoms with Gasteiger partial charge < -0.3 is 9.94 Å². The maximum Gasteiger partial charge on any atom is 0.362 e. The van der Waals surface area contributed by atoms with Crippen LogP contribution in [0.2, 0.25) is 5.02 Å². The Hall–Kier alpha value is -3.06. The van der Waals surface area contributed by atoms with Crippen LogP contribution in [0.3, 0.4) is 0 Å². The second-order valence-electron chi connectivity index (χ2n) is 7.32. The molecule has 2 aromatic carbocycles. The second-order valence-corrected chi connectivity index (χ2v) is 7.75. The Balaban J connectivity index is 2.11. The number of rotatable bonds is 3. The summed E-state index contributed by atoms with van der Waals surface area (Å²) in [6, 6.07) is 11.1. The van der Waals surface area contributed by atoms with Gasteiger partial charge in [-0.1, -0.05) is 28.9 Å². The zero-order chi connectivity index (χ0) is 21.2. The molecule has 150 valence electrons. The molecule has 0 aromatic heterocycles. The Kier molecular flexibility index (Phi) is 5.79. The summed E-state index contributed by atoms with van der Waals surface area (Å²) in [6.45, 7) is 4.97. The minimum absolute atomic E-state index is 0.0941. The van der Waals surface area contributed by atoms with E-state index in [0.29, 0.717) is 22.0 Å². The zero-order valence-electron chi connectivity index (χ0n) is 16.1. The molecule has 0 atom stereocenters. The summed E-state index contributed by atoms with van der Waals surface area (Å²) in [5.41, 5.74) is 0.461. The first-order valence-electron chi connectivity index (χ1n) is 8.82. The predicted molar refractivity (Wildman–Crippen MR) is 111 cm³/mol. The standard InChI is InChI=1S/C21H19ClFN3O3/c1-21(2,3)29-20(27)19(26-28)17-11-24-18(13-6-4-5-7-15(13)23)14-10-12(22)8-9-16(14)25-17/h4-10,28H,11H2,1-3H3. The number of ether oxygens (including phenoxy) is 1. The topological polar surface area (TPSA) is 83.6 Å². The molecule has 0 amide bonds. The summed E-state index contributed by atoms with van der Waals surface area (Å²) in [5, 5.41) is 12.9. The summed E-state index contributed by atoms with van der Waals surface area (Å²) in [6.07, 6.45) is 0. The summed E-state index contributed by atoms with van der Waals surface area (Å²) in [5.74, 6) is -1.29. The third kappa shape index (κ3) is 4.68. The van der Waals surface area contributed by atoms with E-state index in [2.05, 4.69) is 15.1 Å². The van der Waals surface area contributed by atoms with Crippen LogP contribution in [0, 0.1) is 5.82 Å². The van der Waals surface area contributed by atoms with Crippen LogP contribution in [0.25, 0.3) is 0 Å². The highest BCUT2D eigenvalue weighted by Crippen LogP contribution is 2.29. The third-order valence-corrected chi connectivity index (χ3v) is 4.19. The molecule has 2 aromatic rings. The molecule has 0 saturated carbocycles. The lowest BCUT2D eigenvalue weighted by atomic mass is 10.0. The molecule has 0 spiro atoms. The lowest BCUT2D eigenvalue weighted by Gasteiger charge is -2.19. The van der Waals surface area contributed by atoms with Gasteiger partial charge in [-0.3, -0.25) is 4.99 Å². The number of carbonyl (C=O) groups excluding carboxylic acids is 1. The van der Waals surface area contributed by atoms with Gasteiger partial charge in [-0.15, -0.1) is 0 Å². The Labute approximate surface area is 172 Å². The Morgan fingerprint density at radius 1 is 1.21 bits per heavy atom.